The quantitative estimate of drug-likeness (QED) is 0.913. The molecule has 0 bridgehead atoms. The number of hydrogen-bond acceptors (Lipinski definition) is 2. The molecule has 0 radical (unpaired) electrons. The first-order valence-corrected chi connectivity index (χ1v) is 6.41. The minimum absolute atomic E-state index is 0.927. The standard InChI is InChI=1S/C11H13BrN2S/c1-14-5-4-9(8-14)6-13-7-10-2-3-11(12)15-10/h2-5,8,13H,6-7H2,1H3. The summed E-state index contributed by atoms with van der Waals surface area (Å²) in [4.78, 5) is 1.36. The van der Waals surface area contributed by atoms with Crippen molar-refractivity contribution in [2.75, 3.05) is 0 Å². The minimum Gasteiger partial charge on any atom is -0.357 e. The van der Waals surface area contributed by atoms with E-state index in [0.29, 0.717) is 0 Å². The Morgan fingerprint density at radius 2 is 2.20 bits per heavy atom. The first kappa shape index (κ1) is 10.9. The van der Waals surface area contributed by atoms with E-state index in [0.717, 1.165) is 13.1 Å². The van der Waals surface area contributed by atoms with Crippen LogP contribution in [-0.2, 0) is 20.1 Å². The number of nitrogens with zero attached hydrogens (tertiary/aromatic N) is 1. The highest BCUT2D eigenvalue weighted by Gasteiger charge is 1.98. The molecule has 0 amide bonds. The molecular weight excluding hydrogens is 272 g/mol. The molecular formula is C11H13BrN2S. The third kappa shape index (κ3) is 3.19. The van der Waals surface area contributed by atoms with E-state index in [2.05, 4.69) is 56.4 Å². The predicted molar refractivity (Wildman–Crippen MR) is 68.0 cm³/mol. The summed E-state index contributed by atoms with van der Waals surface area (Å²) >= 11 is 5.24. The van der Waals surface area contributed by atoms with Crippen LogP contribution in [0.2, 0.25) is 0 Å². The zero-order valence-corrected chi connectivity index (χ0v) is 10.9. The molecule has 0 saturated heterocycles. The van der Waals surface area contributed by atoms with E-state index < -0.39 is 0 Å². The number of aryl methyl sites for hydroxylation is 1. The van der Waals surface area contributed by atoms with Gasteiger partial charge in [-0.1, -0.05) is 0 Å². The van der Waals surface area contributed by atoms with Gasteiger partial charge in [-0.3, -0.25) is 0 Å². The van der Waals surface area contributed by atoms with E-state index in [-0.39, 0.29) is 0 Å². The van der Waals surface area contributed by atoms with Gasteiger partial charge < -0.3 is 9.88 Å². The van der Waals surface area contributed by atoms with Gasteiger partial charge in [0.15, 0.2) is 0 Å². The fraction of sp³-hybridized carbons (Fsp3) is 0.273. The van der Waals surface area contributed by atoms with Crippen LogP contribution in [0.15, 0.2) is 34.4 Å². The summed E-state index contributed by atoms with van der Waals surface area (Å²) in [7, 11) is 2.04. The number of hydrogen-bond donors (Lipinski definition) is 1. The van der Waals surface area contributed by atoms with E-state index in [9.17, 15) is 0 Å². The van der Waals surface area contributed by atoms with E-state index in [4.69, 9.17) is 0 Å². The van der Waals surface area contributed by atoms with E-state index >= 15 is 0 Å². The lowest BCUT2D eigenvalue weighted by molar-refractivity contribution is 0.699. The second kappa shape index (κ2) is 4.96. The Morgan fingerprint density at radius 3 is 2.80 bits per heavy atom. The van der Waals surface area contributed by atoms with Crippen molar-refractivity contribution in [2.45, 2.75) is 13.1 Å². The van der Waals surface area contributed by atoms with E-state index in [1.54, 1.807) is 11.3 Å². The molecule has 15 heavy (non-hydrogen) atoms. The zero-order chi connectivity index (χ0) is 10.7. The van der Waals surface area contributed by atoms with Crippen molar-refractivity contribution >= 4 is 27.3 Å². The van der Waals surface area contributed by atoms with Gasteiger partial charge in [-0.15, -0.1) is 11.3 Å². The maximum Gasteiger partial charge on any atom is 0.0701 e. The molecule has 4 heteroatoms. The molecule has 0 aromatic carbocycles. The van der Waals surface area contributed by atoms with Gasteiger partial charge in [0.25, 0.3) is 0 Å². The van der Waals surface area contributed by atoms with Gasteiger partial charge in [-0.25, -0.2) is 0 Å². The highest BCUT2D eigenvalue weighted by Crippen LogP contribution is 2.21. The van der Waals surface area contributed by atoms with Crippen LogP contribution in [-0.4, -0.2) is 4.57 Å². The van der Waals surface area contributed by atoms with Crippen LogP contribution >= 0.6 is 27.3 Å². The Morgan fingerprint density at radius 1 is 1.33 bits per heavy atom. The van der Waals surface area contributed by atoms with Crippen molar-refractivity contribution in [3.63, 3.8) is 0 Å². The van der Waals surface area contributed by atoms with Crippen LogP contribution in [0, 0.1) is 0 Å². The largest absolute Gasteiger partial charge is 0.357 e. The SMILES string of the molecule is Cn1ccc(CNCc2ccc(Br)s2)c1. The van der Waals surface area contributed by atoms with Crippen molar-refractivity contribution in [3.05, 3.63) is 44.8 Å². The van der Waals surface area contributed by atoms with Gasteiger partial charge in [0, 0.05) is 37.4 Å². The van der Waals surface area contributed by atoms with Gasteiger partial charge in [0.2, 0.25) is 0 Å². The molecule has 0 unspecified atom stereocenters. The first-order valence-electron chi connectivity index (χ1n) is 4.80. The zero-order valence-electron chi connectivity index (χ0n) is 8.53. The fourth-order valence-corrected chi connectivity index (χ4v) is 2.90. The predicted octanol–water partition coefficient (Wildman–Crippen LogP) is 3.14. The first-order chi connectivity index (χ1) is 7.24. The van der Waals surface area contributed by atoms with Crippen molar-refractivity contribution in [1.82, 2.24) is 9.88 Å². The maximum atomic E-state index is 3.46. The van der Waals surface area contributed by atoms with Gasteiger partial charge in [-0.2, -0.15) is 0 Å². The summed E-state index contributed by atoms with van der Waals surface area (Å²) in [6.45, 7) is 1.86. The molecule has 80 valence electrons. The summed E-state index contributed by atoms with van der Waals surface area (Å²) in [5.41, 5.74) is 1.33. The molecule has 0 atom stereocenters. The molecule has 1 N–H and O–H groups in total. The van der Waals surface area contributed by atoms with Crippen LogP contribution in [0.4, 0.5) is 0 Å². The number of halogens is 1. The average molecular weight is 285 g/mol. The molecule has 0 saturated carbocycles. The summed E-state index contributed by atoms with van der Waals surface area (Å²) in [5, 5.41) is 3.42. The Balaban J connectivity index is 1.80. The Kier molecular flexibility index (Phi) is 3.61. The van der Waals surface area contributed by atoms with Crippen LogP contribution in [0.5, 0.6) is 0 Å². The van der Waals surface area contributed by atoms with Crippen molar-refractivity contribution < 1.29 is 0 Å². The van der Waals surface area contributed by atoms with E-state index in [1.165, 1.54) is 14.2 Å². The fourth-order valence-electron chi connectivity index (χ4n) is 1.44. The second-order valence-corrected chi connectivity index (χ2v) is 6.04. The van der Waals surface area contributed by atoms with Crippen molar-refractivity contribution in [2.24, 2.45) is 7.05 Å². The van der Waals surface area contributed by atoms with Gasteiger partial charge >= 0.3 is 0 Å². The maximum absolute atomic E-state index is 3.46. The molecule has 2 aromatic heterocycles. The molecule has 0 aliphatic rings. The number of rotatable bonds is 4. The average Bonchev–Trinajstić information content (AvgIpc) is 2.76. The van der Waals surface area contributed by atoms with Crippen LogP contribution in [0.1, 0.15) is 10.4 Å². The topological polar surface area (TPSA) is 17.0 Å². The summed E-state index contributed by atoms with van der Waals surface area (Å²) in [5.74, 6) is 0. The lowest BCUT2D eigenvalue weighted by Gasteiger charge is -2.00. The lowest BCUT2D eigenvalue weighted by atomic mass is 10.3. The molecule has 2 nitrogen and oxygen atoms in total. The Hall–Kier alpha value is -0.580. The number of aromatic nitrogens is 1. The molecule has 0 fully saturated rings. The molecule has 2 heterocycles. The summed E-state index contributed by atoms with van der Waals surface area (Å²) in [6.07, 6.45) is 4.20. The molecule has 0 aliphatic carbocycles. The van der Waals surface area contributed by atoms with Gasteiger partial charge in [-0.05, 0) is 39.7 Å². The third-order valence-corrected chi connectivity index (χ3v) is 3.77. The smallest absolute Gasteiger partial charge is 0.0701 e. The lowest BCUT2D eigenvalue weighted by Crippen LogP contribution is -2.11. The molecule has 0 spiro atoms. The summed E-state index contributed by atoms with van der Waals surface area (Å²) < 4.78 is 3.26. The number of nitrogens with one attached hydrogen (secondary N) is 1. The van der Waals surface area contributed by atoms with Crippen LogP contribution in [0.25, 0.3) is 0 Å². The van der Waals surface area contributed by atoms with Crippen LogP contribution in [0.3, 0.4) is 0 Å². The Labute approximate surface area is 102 Å². The summed E-state index contributed by atoms with van der Waals surface area (Å²) in [6, 6.07) is 6.37. The second-order valence-electron chi connectivity index (χ2n) is 3.49. The van der Waals surface area contributed by atoms with Gasteiger partial charge in [0.05, 0.1) is 3.79 Å². The molecule has 0 aliphatic heterocycles. The van der Waals surface area contributed by atoms with Gasteiger partial charge in [0.1, 0.15) is 0 Å². The Bertz CT molecular complexity index is 393. The minimum atomic E-state index is 0.927. The highest BCUT2D eigenvalue weighted by molar-refractivity contribution is 9.11. The van der Waals surface area contributed by atoms with Crippen molar-refractivity contribution in [1.29, 1.82) is 0 Å². The molecule has 2 aromatic rings. The molecule has 2 rings (SSSR count). The van der Waals surface area contributed by atoms with E-state index in [1.807, 2.05) is 7.05 Å². The third-order valence-electron chi connectivity index (χ3n) is 2.15. The number of thiophene rings is 1. The van der Waals surface area contributed by atoms with Crippen molar-refractivity contribution in [3.8, 4) is 0 Å². The normalized spacial score (nSPS) is 10.8. The monoisotopic (exact) mass is 284 g/mol. The van der Waals surface area contributed by atoms with Crippen LogP contribution < -0.4 is 5.32 Å². The highest BCUT2D eigenvalue weighted by atomic mass is 79.9.